The number of carbonyl (C=O) groups excluding carboxylic acids is 4. The Hall–Kier alpha value is -6.19. The molecular formula is C41H50N10O6. The number of H-pyrrole nitrogens is 2. The predicted molar refractivity (Wildman–Crippen MR) is 212 cm³/mol. The Kier molecular flexibility index (Phi) is 11.3. The van der Waals surface area contributed by atoms with E-state index in [-0.39, 0.29) is 35.7 Å². The fraction of sp³-hybridized carbons (Fsp3) is 0.439. The number of carbonyl (C=O) groups is 4. The minimum Gasteiger partial charge on any atom is -0.453 e. The second-order valence-corrected chi connectivity index (χ2v) is 15.3. The van der Waals surface area contributed by atoms with E-state index in [1.807, 2.05) is 80.9 Å². The maximum atomic E-state index is 13.6. The van der Waals surface area contributed by atoms with Crippen LogP contribution in [0, 0.1) is 11.8 Å². The van der Waals surface area contributed by atoms with Gasteiger partial charge in [0.2, 0.25) is 11.8 Å². The zero-order valence-corrected chi connectivity index (χ0v) is 33.1. The van der Waals surface area contributed by atoms with E-state index in [9.17, 15) is 19.2 Å². The monoisotopic (exact) mass is 778 g/mol. The summed E-state index contributed by atoms with van der Waals surface area (Å²) in [5.41, 5.74) is 6.04. The lowest BCUT2D eigenvalue weighted by Gasteiger charge is -2.30. The average molecular weight is 779 g/mol. The molecule has 300 valence electrons. The Morgan fingerprint density at radius 3 is 1.70 bits per heavy atom. The molecule has 2 saturated heterocycles. The van der Waals surface area contributed by atoms with Crippen LogP contribution in [-0.2, 0) is 19.1 Å². The Balaban J connectivity index is 1.03. The number of nitrogens with zero attached hydrogens (tertiary/aromatic N) is 6. The molecule has 16 heteroatoms. The van der Waals surface area contributed by atoms with Crippen LogP contribution >= 0.6 is 0 Å². The summed E-state index contributed by atoms with van der Waals surface area (Å²) >= 11 is 0. The SMILES string of the molecule is COC(=O)N[C@H](C(=O)N1CCC[C@H]1c1ncc(-c2ccc(-c3cn4ccc(-c5cnc([C@@H]6CCCN6C(=O)[C@@H](NC(=O)OC)C(C)C)[nH]5)cc4n3)cc2)[nH]1)C(C)C. The lowest BCUT2D eigenvalue weighted by molar-refractivity contribution is -0.136. The molecule has 5 aromatic rings. The first-order valence-electron chi connectivity index (χ1n) is 19.4. The topological polar surface area (TPSA) is 192 Å². The molecule has 6 heterocycles. The summed E-state index contributed by atoms with van der Waals surface area (Å²) < 4.78 is 11.5. The highest BCUT2D eigenvalue weighted by Crippen LogP contribution is 2.35. The number of methoxy groups -OCH3 is 2. The molecule has 0 unspecified atom stereocenters. The van der Waals surface area contributed by atoms with Crippen LogP contribution in [0.15, 0.2) is 61.2 Å². The number of imidazole rings is 3. The Morgan fingerprint density at radius 2 is 1.21 bits per heavy atom. The summed E-state index contributed by atoms with van der Waals surface area (Å²) in [6.07, 6.45) is 9.48. The van der Waals surface area contributed by atoms with Crippen molar-refractivity contribution in [3.05, 3.63) is 72.8 Å². The molecule has 4 amide bonds. The van der Waals surface area contributed by atoms with Crippen molar-refractivity contribution < 1.29 is 28.7 Å². The van der Waals surface area contributed by atoms with Crippen molar-refractivity contribution in [3.63, 3.8) is 0 Å². The van der Waals surface area contributed by atoms with Crippen molar-refractivity contribution in [2.24, 2.45) is 11.8 Å². The molecule has 16 nitrogen and oxygen atoms in total. The van der Waals surface area contributed by atoms with Crippen LogP contribution in [0.1, 0.15) is 77.1 Å². The number of benzene rings is 1. The van der Waals surface area contributed by atoms with Crippen molar-refractivity contribution in [2.75, 3.05) is 27.3 Å². The van der Waals surface area contributed by atoms with Crippen molar-refractivity contribution in [1.29, 1.82) is 0 Å². The quantitative estimate of drug-likeness (QED) is 0.127. The summed E-state index contributed by atoms with van der Waals surface area (Å²) in [6.45, 7) is 8.75. The number of fused-ring (bicyclic) bond motifs is 1. The maximum absolute atomic E-state index is 13.6. The standard InChI is InChI=1S/C41H50N10O6/c1-23(2)34(47-40(54)56-5)38(52)50-16-7-9-31(50)36-42-20-28(45-36)25-11-13-26(14-12-25)30-22-49-18-15-27(19-33(49)44-30)29-21-43-37(46-29)32-10-8-17-51(32)39(53)35(24(3)4)48-41(55)57-6/h11-15,18-24,31-32,34-35H,7-10,16-17H2,1-6H3,(H,42,45)(H,43,46)(H,47,54)(H,48,55)/t31-,32-,34-,35-/m0/s1. The van der Waals surface area contributed by atoms with E-state index in [1.54, 1.807) is 22.2 Å². The van der Waals surface area contributed by atoms with Crippen LogP contribution in [0.4, 0.5) is 9.59 Å². The highest BCUT2D eigenvalue weighted by Gasteiger charge is 2.39. The minimum absolute atomic E-state index is 0.111. The fourth-order valence-electron chi connectivity index (χ4n) is 7.80. The van der Waals surface area contributed by atoms with Gasteiger partial charge in [-0.2, -0.15) is 0 Å². The molecule has 4 atom stereocenters. The molecule has 57 heavy (non-hydrogen) atoms. The fourth-order valence-corrected chi connectivity index (χ4v) is 7.80. The number of likely N-dealkylation sites (tertiary alicyclic amines) is 2. The molecule has 0 radical (unpaired) electrons. The lowest BCUT2D eigenvalue weighted by Crippen LogP contribution is -2.51. The van der Waals surface area contributed by atoms with Crippen LogP contribution in [0.5, 0.6) is 0 Å². The highest BCUT2D eigenvalue weighted by molar-refractivity contribution is 5.87. The van der Waals surface area contributed by atoms with Crippen molar-refractivity contribution >= 4 is 29.6 Å². The molecule has 0 saturated carbocycles. The lowest BCUT2D eigenvalue weighted by atomic mass is 10.0. The van der Waals surface area contributed by atoms with Gasteiger partial charge in [-0.3, -0.25) is 9.59 Å². The summed E-state index contributed by atoms with van der Waals surface area (Å²) in [7, 11) is 2.57. The number of aromatic amines is 2. The van der Waals surface area contributed by atoms with Gasteiger partial charge >= 0.3 is 12.2 Å². The highest BCUT2D eigenvalue weighted by atomic mass is 16.5. The molecule has 2 aliphatic rings. The third-order valence-corrected chi connectivity index (χ3v) is 10.9. The number of pyridine rings is 1. The Labute approximate surface area is 330 Å². The zero-order valence-electron chi connectivity index (χ0n) is 33.1. The first-order chi connectivity index (χ1) is 27.4. The van der Waals surface area contributed by atoms with E-state index < -0.39 is 24.3 Å². The number of rotatable bonds is 11. The summed E-state index contributed by atoms with van der Waals surface area (Å²) in [4.78, 5) is 75.8. The molecule has 7 rings (SSSR count). The van der Waals surface area contributed by atoms with Gasteiger partial charge in [-0.15, -0.1) is 0 Å². The molecule has 2 fully saturated rings. The number of hydrogen-bond acceptors (Lipinski definition) is 9. The van der Waals surface area contributed by atoms with Gasteiger partial charge in [-0.25, -0.2) is 24.5 Å². The largest absolute Gasteiger partial charge is 0.453 e. The third-order valence-electron chi connectivity index (χ3n) is 10.9. The molecular weight excluding hydrogens is 729 g/mol. The number of ether oxygens (including phenoxy) is 2. The van der Waals surface area contributed by atoms with E-state index in [1.165, 1.54) is 14.2 Å². The van der Waals surface area contributed by atoms with Gasteiger partial charge in [0.15, 0.2) is 0 Å². The first kappa shape index (κ1) is 39.1. The van der Waals surface area contributed by atoms with Gasteiger partial charge in [-0.1, -0.05) is 52.0 Å². The third kappa shape index (κ3) is 8.07. The van der Waals surface area contributed by atoms with Gasteiger partial charge in [0.25, 0.3) is 0 Å². The number of amides is 4. The van der Waals surface area contributed by atoms with E-state index >= 15 is 0 Å². The second kappa shape index (κ2) is 16.5. The molecule has 2 aliphatic heterocycles. The number of alkyl carbamates (subject to hydrolysis) is 2. The number of hydrogen-bond donors (Lipinski definition) is 4. The smallest absolute Gasteiger partial charge is 0.407 e. The zero-order chi connectivity index (χ0) is 40.4. The summed E-state index contributed by atoms with van der Waals surface area (Å²) in [5, 5.41) is 5.39. The number of nitrogens with one attached hydrogen (secondary N) is 4. The molecule has 4 aromatic heterocycles. The van der Waals surface area contributed by atoms with Gasteiger partial charge in [-0.05, 0) is 55.2 Å². The molecule has 1 aromatic carbocycles. The van der Waals surface area contributed by atoms with Gasteiger partial charge in [0, 0.05) is 36.6 Å². The molecule has 0 bridgehead atoms. The van der Waals surface area contributed by atoms with Crippen molar-refractivity contribution in [3.8, 4) is 33.8 Å². The minimum atomic E-state index is -0.700. The summed E-state index contributed by atoms with van der Waals surface area (Å²) in [5.74, 6) is 0.885. The normalized spacial score (nSPS) is 18.0. The Morgan fingerprint density at radius 1 is 0.719 bits per heavy atom. The second-order valence-electron chi connectivity index (χ2n) is 15.3. The van der Waals surface area contributed by atoms with Crippen molar-refractivity contribution in [2.45, 2.75) is 77.5 Å². The van der Waals surface area contributed by atoms with E-state index in [0.29, 0.717) is 24.7 Å². The predicted octanol–water partition coefficient (Wildman–Crippen LogP) is 5.87. The van der Waals surface area contributed by atoms with Crippen LogP contribution in [-0.4, -0.2) is 103 Å². The van der Waals surface area contributed by atoms with Crippen molar-refractivity contribution in [1.82, 2.24) is 49.8 Å². The molecule has 0 spiro atoms. The van der Waals surface area contributed by atoms with Crippen LogP contribution in [0.3, 0.4) is 0 Å². The van der Waals surface area contributed by atoms with Crippen LogP contribution in [0.25, 0.3) is 39.4 Å². The number of aromatic nitrogens is 6. The van der Waals surface area contributed by atoms with Gasteiger partial charge in [0.05, 0.1) is 55.8 Å². The van der Waals surface area contributed by atoms with Gasteiger partial charge < -0.3 is 44.3 Å². The van der Waals surface area contributed by atoms with E-state index in [0.717, 1.165) is 65.1 Å². The van der Waals surface area contributed by atoms with Gasteiger partial charge in [0.1, 0.15) is 29.4 Å². The maximum Gasteiger partial charge on any atom is 0.407 e. The Bertz CT molecular complexity index is 2240. The molecule has 0 aliphatic carbocycles. The van der Waals surface area contributed by atoms with E-state index in [4.69, 9.17) is 14.5 Å². The van der Waals surface area contributed by atoms with Crippen LogP contribution in [0.2, 0.25) is 0 Å². The summed E-state index contributed by atoms with van der Waals surface area (Å²) in [6, 6.07) is 10.2. The molecule has 4 N–H and O–H groups in total. The van der Waals surface area contributed by atoms with Crippen LogP contribution < -0.4 is 10.6 Å². The average Bonchev–Trinajstić information content (AvgIpc) is 4.06. The van der Waals surface area contributed by atoms with E-state index in [2.05, 4.69) is 30.6 Å². The first-order valence-corrected chi connectivity index (χ1v) is 19.4.